The number of benzene rings is 1. The summed E-state index contributed by atoms with van der Waals surface area (Å²) in [6, 6.07) is 4.54. The Balaban J connectivity index is 2.53. The second kappa shape index (κ2) is 5.07. The Morgan fingerprint density at radius 1 is 1.42 bits per heavy atom. The molecule has 0 radical (unpaired) electrons. The lowest BCUT2D eigenvalue weighted by atomic mass is 9.94. The van der Waals surface area contributed by atoms with E-state index in [1.54, 1.807) is 13.0 Å². The van der Waals surface area contributed by atoms with Crippen LogP contribution in [-0.2, 0) is 4.79 Å². The summed E-state index contributed by atoms with van der Waals surface area (Å²) in [6.45, 7) is 1.55. The normalized spacial score (nSPS) is 18.7. The molecule has 0 saturated carbocycles. The van der Waals surface area contributed by atoms with Gasteiger partial charge in [-0.1, -0.05) is 18.2 Å². The number of halogens is 1. The van der Waals surface area contributed by atoms with Crippen molar-refractivity contribution in [3.8, 4) is 0 Å². The lowest BCUT2D eigenvalue weighted by molar-refractivity contribution is -0.118. The van der Waals surface area contributed by atoms with Crippen LogP contribution in [0.1, 0.15) is 18.5 Å². The average molecular weight is 264 g/mol. The van der Waals surface area contributed by atoms with Crippen LogP contribution in [-0.4, -0.2) is 11.9 Å². The highest BCUT2D eigenvalue weighted by molar-refractivity contribution is 5.98. The first kappa shape index (κ1) is 13.0. The molecule has 0 aliphatic carbocycles. The van der Waals surface area contributed by atoms with Gasteiger partial charge in [-0.3, -0.25) is 10.2 Å². The molecule has 7 heteroatoms. The van der Waals surface area contributed by atoms with E-state index in [4.69, 9.17) is 5.84 Å². The Kier molecular flexibility index (Phi) is 3.48. The topological polar surface area (TPSA) is 96.2 Å². The van der Waals surface area contributed by atoms with E-state index in [1.807, 2.05) is 5.43 Å². The molecule has 6 nitrogen and oxygen atoms in total. The fourth-order valence-electron chi connectivity index (χ4n) is 2.02. The number of hydrazine groups is 1. The largest absolute Gasteiger partial charge is 0.327 e. The molecule has 1 unspecified atom stereocenters. The molecule has 3 amide bonds. The number of carbonyl (C=O) groups is 2. The minimum absolute atomic E-state index is 0.173. The molecule has 0 bridgehead atoms. The third kappa shape index (κ3) is 2.41. The molecule has 100 valence electrons. The zero-order chi connectivity index (χ0) is 14.0. The van der Waals surface area contributed by atoms with Crippen molar-refractivity contribution in [2.75, 3.05) is 0 Å². The number of carbonyl (C=O) groups excluding carboxylic acids is 2. The number of rotatable bonds is 2. The molecule has 1 aliphatic heterocycles. The van der Waals surface area contributed by atoms with E-state index in [0.29, 0.717) is 5.70 Å². The molecule has 0 saturated heterocycles. The predicted molar refractivity (Wildman–Crippen MR) is 65.8 cm³/mol. The molecule has 1 heterocycles. The summed E-state index contributed by atoms with van der Waals surface area (Å²) >= 11 is 0. The quantitative estimate of drug-likeness (QED) is 0.354. The van der Waals surface area contributed by atoms with Gasteiger partial charge in [0.15, 0.2) is 0 Å². The Bertz CT molecular complexity index is 571. The first-order valence-corrected chi connectivity index (χ1v) is 5.58. The summed E-state index contributed by atoms with van der Waals surface area (Å²) in [5.41, 5.74) is 2.70. The van der Waals surface area contributed by atoms with Gasteiger partial charge < -0.3 is 10.6 Å². The molecule has 2 rings (SSSR count). The van der Waals surface area contributed by atoms with Crippen molar-refractivity contribution in [3.63, 3.8) is 0 Å². The van der Waals surface area contributed by atoms with E-state index in [2.05, 4.69) is 10.6 Å². The molecule has 0 spiro atoms. The van der Waals surface area contributed by atoms with Gasteiger partial charge in [0, 0.05) is 11.3 Å². The highest BCUT2D eigenvalue weighted by Crippen LogP contribution is 2.28. The maximum atomic E-state index is 13.8. The van der Waals surface area contributed by atoms with Gasteiger partial charge in [0.1, 0.15) is 5.82 Å². The van der Waals surface area contributed by atoms with E-state index in [1.165, 1.54) is 18.2 Å². The molecule has 1 aromatic carbocycles. The monoisotopic (exact) mass is 264 g/mol. The van der Waals surface area contributed by atoms with Crippen molar-refractivity contribution in [1.82, 2.24) is 16.1 Å². The minimum Gasteiger partial charge on any atom is -0.327 e. The van der Waals surface area contributed by atoms with Crippen LogP contribution in [0.2, 0.25) is 0 Å². The van der Waals surface area contributed by atoms with Crippen molar-refractivity contribution < 1.29 is 14.0 Å². The zero-order valence-electron chi connectivity index (χ0n) is 10.2. The van der Waals surface area contributed by atoms with E-state index < -0.39 is 23.8 Å². The number of nitrogens with two attached hydrogens (primary N) is 1. The van der Waals surface area contributed by atoms with E-state index in [9.17, 15) is 14.0 Å². The van der Waals surface area contributed by atoms with E-state index >= 15 is 0 Å². The third-order valence-corrected chi connectivity index (χ3v) is 2.86. The predicted octanol–water partition coefficient (Wildman–Crippen LogP) is 0.443. The SMILES string of the molecule is CC1=C(C(=O)NN)C(c2ccccc2F)NC(=O)N1. The lowest BCUT2D eigenvalue weighted by Gasteiger charge is -2.28. The van der Waals surface area contributed by atoms with Crippen molar-refractivity contribution >= 4 is 11.9 Å². The fourth-order valence-corrected chi connectivity index (χ4v) is 2.02. The fraction of sp³-hybridized carbons (Fsp3) is 0.167. The van der Waals surface area contributed by atoms with Crippen LogP contribution in [0.4, 0.5) is 9.18 Å². The molecule has 1 aromatic rings. The molecule has 5 N–H and O–H groups in total. The highest BCUT2D eigenvalue weighted by Gasteiger charge is 2.32. The Morgan fingerprint density at radius 2 is 2.11 bits per heavy atom. The molecule has 0 aromatic heterocycles. The lowest BCUT2D eigenvalue weighted by Crippen LogP contribution is -2.48. The van der Waals surface area contributed by atoms with Crippen LogP contribution < -0.4 is 21.9 Å². The van der Waals surface area contributed by atoms with Crippen molar-refractivity contribution in [3.05, 3.63) is 46.9 Å². The van der Waals surface area contributed by atoms with Gasteiger partial charge in [-0.05, 0) is 13.0 Å². The van der Waals surface area contributed by atoms with Crippen LogP contribution in [0.25, 0.3) is 0 Å². The number of allylic oxidation sites excluding steroid dienone is 1. The van der Waals surface area contributed by atoms with E-state index in [0.717, 1.165) is 0 Å². The van der Waals surface area contributed by atoms with Crippen LogP contribution >= 0.6 is 0 Å². The summed E-state index contributed by atoms with van der Waals surface area (Å²) in [4.78, 5) is 23.3. The van der Waals surface area contributed by atoms with Crippen molar-refractivity contribution in [2.24, 2.45) is 5.84 Å². The van der Waals surface area contributed by atoms with Gasteiger partial charge in [-0.25, -0.2) is 15.0 Å². The second-order valence-electron chi connectivity index (χ2n) is 4.07. The zero-order valence-corrected chi connectivity index (χ0v) is 10.2. The molecular weight excluding hydrogens is 251 g/mol. The first-order valence-electron chi connectivity index (χ1n) is 5.58. The number of hydrogen-bond acceptors (Lipinski definition) is 3. The smallest absolute Gasteiger partial charge is 0.319 e. The highest BCUT2D eigenvalue weighted by atomic mass is 19.1. The summed E-state index contributed by atoms with van der Waals surface area (Å²) in [6.07, 6.45) is 0. The van der Waals surface area contributed by atoms with Gasteiger partial charge in [0.05, 0.1) is 11.6 Å². The van der Waals surface area contributed by atoms with Crippen LogP contribution in [0.5, 0.6) is 0 Å². The minimum atomic E-state index is -0.876. The van der Waals surface area contributed by atoms with Crippen LogP contribution in [0.3, 0.4) is 0 Å². The number of nitrogens with one attached hydrogen (secondary N) is 3. The third-order valence-electron chi connectivity index (χ3n) is 2.86. The Labute approximate surface area is 108 Å². The second-order valence-corrected chi connectivity index (χ2v) is 4.07. The summed E-state index contributed by atoms with van der Waals surface area (Å²) in [7, 11) is 0. The summed E-state index contributed by atoms with van der Waals surface area (Å²) in [5, 5.41) is 4.96. The maximum absolute atomic E-state index is 13.8. The van der Waals surface area contributed by atoms with Gasteiger partial charge >= 0.3 is 6.03 Å². The Morgan fingerprint density at radius 3 is 2.74 bits per heavy atom. The van der Waals surface area contributed by atoms with Gasteiger partial charge in [0.2, 0.25) is 0 Å². The number of amides is 3. The standard InChI is InChI=1S/C12H13FN4O2/c1-6-9(11(18)17-14)10(16-12(19)15-6)7-4-2-3-5-8(7)13/h2-5,10H,14H2,1H3,(H,17,18)(H2,15,16,19). The number of urea groups is 1. The van der Waals surface area contributed by atoms with Gasteiger partial charge in [0.25, 0.3) is 5.91 Å². The van der Waals surface area contributed by atoms with Crippen LogP contribution in [0, 0.1) is 5.82 Å². The van der Waals surface area contributed by atoms with Crippen molar-refractivity contribution in [2.45, 2.75) is 13.0 Å². The van der Waals surface area contributed by atoms with Gasteiger partial charge in [-0.2, -0.15) is 0 Å². The Hall–Kier alpha value is -2.41. The first-order chi connectivity index (χ1) is 9.04. The maximum Gasteiger partial charge on any atom is 0.319 e. The molecule has 0 fully saturated rings. The summed E-state index contributed by atoms with van der Waals surface area (Å²) in [5.74, 6) is 4.02. The molecular formula is C12H13FN4O2. The molecule has 1 atom stereocenters. The van der Waals surface area contributed by atoms with Crippen molar-refractivity contribution in [1.29, 1.82) is 0 Å². The van der Waals surface area contributed by atoms with E-state index in [-0.39, 0.29) is 11.1 Å². The molecule has 19 heavy (non-hydrogen) atoms. The van der Waals surface area contributed by atoms with Crippen LogP contribution in [0.15, 0.2) is 35.5 Å². The summed E-state index contributed by atoms with van der Waals surface area (Å²) < 4.78 is 13.8. The average Bonchev–Trinajstić information content (AvgIpc) is 2.37. The number of hydrogen-bond donors (Lipinski definition) is 4. The molecule has 1 aliphatic rings. The van der Waals surface area contributed by atoms with Gasteiger partial charge in [-0.15, -0.1) is 0 Å².